The van der Waals surface area contributed by atoms with Crippen LogP contribution in [0, 0.1) is 0 Å². The lowest BCUT2D eigenvalue weighted by Crippen LogP contribution is -2.32. The van der Waals surface area contributed by atoms with Crippen LogP contribution >= 0.6 is 11.3 Å². The highest BCUT2D eigenvalue weighted by molar-refractivity contribution is 7.09. The highest BCUT2D eigenvalue weighted by atomic mass is 32.1. The summed E-state index contributed by atoms with van der Waals surface area (Å²) in [6.45, 7) is 8.44. The van der Waals surface area contributed by atoms with Gasteiger partial charge in [0.1, 0.15) is 0 Å². The summed E-state index contributed by atoms with van der Waals surface area (Å²) in [5.74, 6) is 0.506. The van der Waals surface area contributed by atoms with Crippen molar-refractivity contribution in [2.24, 2.45) is 5.73 Å². The van der Waals surface area contributed by atoms with Gasteiger partial charge >= 0.3 is 0 Å². The Morgan fingerprint density at radius 3 is 2.62 bits per heavy atom. The monoisotopic (exact) mass is 198 g/mol. The number of aromatic nitrogens is 1. The summed E-state index contributed by atoms with van der Waals surface area (Å²) < 4.78 is 0. The second kappa shape index (κ2) is 3.76. The van der Waals surface area contributed by atoms with Crippen LogP contribution in [-0.2, 0) is 5.54 Å². The van der Waals surface area contributed by atoms with E-state index in [9.17, 15) is 0 Å². The molecule has 0 aliphatic heterocycles. The van der Waals surface area contributed by atoms with E-state index in [4.69, 9.17) is 5.73 Å². The average molecular weight is 198 g/mol. The van der Waals surface area contributed by atoms with Crippen molar-refractivity contribution in [1.82, 2.24) is 4.98 Å². The number of thiazole rings is 1. The maximum atomic E-state index is 6.09. The second-order valence-electron chi connectivity index (χ2n) is 4.00. The Balaban J connectivity index is 2.91. The molecule has 1 heterocycles. The van der Waals surface area contributed by atoms with E-state index in [1.807, 2.05) is 6.92 Å². The molecule has 0 saturated heterocycles. The van der Waals surface area contributed by atoms with Crippen molar-refractivity contribution < 1.29 is 0 Å². The molecule has 0 aliphatic rings. The van der Waals surface area contributed by atoms with Crippen LogP contribution in [0.5, 0.6) is 0 Å². The van der Waals surface area contributed by atoms with E-state index in [2.05, 4.69) is 31.1 Å². The van der Waals surface area contributed by atoms with E-state index in [1.165, 1.54) is 5.01 Å². The average Bonchev–Trinajstić information content (AvgIpc) is 2.52. The van der Waals surface area contributed by atoms with E-state index in [0.717, 1.165) is 12.1 Å². The first-order chi connectivity index (χ1) is 5.97. The minimum Gasteiger partial charge on any atom is -0.320 e. The maximum absolute atomic E-state index is 6.09. The fourth-order valence-electron chi connectivity index (χ4n) is 0.996. The lowest BCUT2D eigenvalue weighted by atomic mass is 9.97. The zero-order valence-electron chi connectivity index (χ0n) is 8.79. The van der Waals surface area contributed by atoms with Crippen molar-refractivity contribution in [3.63, 3.8) is 0 Å². The topological polar surface area (TPSA) is 38.9 Å². The van der Waals surface area contributed by atoms with Gasteiger partial charge in [-0.05, 0) is 13.3 Å². The van der Waals surface area contributed by atoms with Gasteiger partial charge in [0.15, 0.2) is 0 Å². The normalized spacial score (nSPS) is 16.2. The molecular formula is C10H18N2S. The van der Waals surface area contributed by atoms with Crippen LogP contribution in [0.1, 0.15) is 50.7 Å². The predicted molar refractivity (Wildman–Crippen MR) is 58.0 cm³/mol. The van der Waals surface area contributed by atoms with Gasteiger partial charge in [0.25, 0.3) is 0 Å². The molecule has 1 aromatic heterocycles. The van der Waals surface area contributed by atoms with Crippen LogP contribution in [0.15, 0.2) is 5.38 Å². The summed E-state index contributed by atoms with van der Waals surface area (Å²) >= 11 is 1.71. The van der Waals surface area contributed by atoms with Crippen molar-refractivity contribution >= 4 is 11.3 Å². The molecule has 0 bridgehead atoms. The van der Waals surface area contributed by atoms with Crippen LogP contribution in [0.2, 0.25) is 0 Å². The summed E-state index contributed by atoms with van der Waals surface area (Å²) in [6.07, 6.45) is 0.925. The molecule has 0 aromatic carbocycles. The van der Waals surface area contributed by atoms with Crippen LogP contribution in [0.25, 0.3) is 0 Å². The predicted octanol–water partition coefficient (Wildman–Crippen LogP) is 2.85. The number of hydrogen-bond acceptors (Lipinski definition) is 3. The molecule has 0 saturated carbocycles. The molecule has 74 valence electrons. The zero-order valence-corrected chi connectivity index (χ0v) is 9.61. The molecule has 13 heavy (non-hydrogen) atoms. The molecule has 0 radical (unpaired) electrons. The lowest BCUT2D eigenvalue weighted by molar-refractivity contribution is 0.463. The summed E-state index contributed by atoms with van der Waals surface area (Å²) in [7, 11) is 0. The molecule has 0 aliphatic carbocycles. The van der Waals surface area contributed by atoms with Gasteiger partial charge in [-0.2, -0.15) is 0 Å². The SMILES string of the molecule is CCC(C)(N)c1csc(C(C)C)n1. The smallest absolute Gasteiger partial charge is 0.0954 e. The maximum Gasteiger partial charge on any atom is 0.0954 e. The first-order valence-electron chi connectivity index (χ1n) is 4.72. The lowest BCUT2D eigenvalue weighted by Gasteiger charge is -2.19. The van der Waals surface area contributed by atoms with Crippen LogP contribution in [0.4, 0.5) is 0 Å². The van der Waals surface area contributed by atoms with Crippen molar-refractivity contribution in [2.45, 2.75) is 45.6 Å². The van der Waals surface area contributed by atoms with Gasteiger partial charge in [0.2, 0.25) is 0 Å². The first kappa shape index (κ1) is 10.7. The third-order valence-electron chi connectivity index (χ3n) is 2.34. The van der Waals surface area contributed by atoms with E-state index in [0.29, 0.717) is 5.92 Å². The molecule has 2 nitrogen and oxygen atoms in total. The van der Waals surface area contributed by atoms with Crippen molar-refractivity contribution in [1.29, 1.82) is 0 Å². The second-order valence-corrected chi connectivity index (χ2v) is 4.89. The van der Waals surface area contributed by atoms with Gasteiger partial charge in [-0.3, -0.25) is 0 Å². The minimum atomic E-state index is -0.260. The molecule has 0 fully saturated rings. The van der Waals surface area contributed by atoms with Gasteiger partial charge < -0.3 is 5.73 Å². The molecule has 0 amide bonds. The summed E-state index contributed by atoms with van der Waals surface area (Å²) in [5.41, 5.74) is 6.87. The fourth-order valence-corrected chi connectivity index (χ4v) is 1.97. The van der Waals surface area contributed by atoms with Crippen molar-refractivity contribution in [2.75, 3.05) is 0 Å². The van der Waals surface area contributed by atoms with Gasteiger partial charge in [-0.15, -0.1) is 11.3 Å². The van der Waals surface area contributed by atoms with E-state index in [-0.39, 0.29) is 5.54 Å². The summed E-state index contributed by atoms with van der Waals surface area (Å²) in [4.78, 5) is 4.55. The fraction of sp³-hybridized carbons (Fsp3) is 0.700. The minimum absolute atomic E-state index is 0.260. The number of nitrogens with zero attached hydrogens (tertiary/aromatic N) is 1. The van der Waals surface area contributed by atoms with E-state index < -0.39 is 0 Å². The Labute approximate surface area is 84.2 Å². The molecule has 1 aromatic rings. The molecule has 2 N–H and O–H groups in total. The Morgan fingerprint density at radius 2 is 2.23 bits per heavy atom. The standard InChI is InChI=1S/C10H18N2S/c1-5-10(4,11)8-6-13-9(12-8)7(2)3/h6-7H,5,11H2,1-4H3. The number of hydrogen-bond donors (Lipinski definition) is 1. The third kappa shape index (κ3) is 2.29. The first-order valence-corrected chi connectivity index (χ1v) is 5.60. The van der Waals surface area contributed by atoms with Gasteiger partial charge in [0.05, 0.1) is 16.2 Å². The Hall–Kier alpha value is -0.410. The van der Waals surface area contributed by atoms with E-state index in [1.54, 1.807) is 11.3 Å². The third-order valence-corrected chi connectivity index (χ3v) is 3.48. The number of rotatable bonds is 3. The molecule has 1 atom stereocenters. The van der Waals surface area contributed by atoms with Crippen LogP contribution in [-0.4, -0.2) is 4.98 Å². The highest BCUT2D eigenvalue weighted by Gasteiger charge is 2.22. The molecule has 3 heteroatoms. The van der Waals surface area contributed by atoms with Crippen molar-refractivity contribution in [3.05, 3.63) is 16.1 Å². The summed E-state index contributed by atoms with van der Waals surface area (Å²) in [6, 6.07) is 0. The Bertz CT molecular complexity index is 276. The van der Waals surface area contributed by atoms with Gasteiger partial charge in [-0.1, -0.05) is 20.8 Å². The molecule has 1 unspecified atom stereocenters. The van der Waals surface area contributed by atoms with Crippen LogP contribution < -0.4 is 5.73 Å². The van der Waals surface area contributed by atoms with Crippen molar-refractivity contribution in [3.8, 4) is 0 Å². The molecule has 0 spiro atoms. The largest absolute Gasteiger partial charge is 0.320 e. The zero-order chi connectivity index (χ0) is 10.1. The summed E-state index contributed by atoms with van der Waals surface area (Å²) in [5, 5.41) is 3.26. The van der Waals surface area contributed by atoms with Gasteiger partial charge in [0, 0.05) is 11.3 Å². The quantitative estimate of drug-likeness (QED) is 0.811. The van der Waals surface area contributed by atoms with Crippen LogP contribution in [0.3, 0.4) is 0 Å². The molecule has 1 rings (SSSR count). The molecular weight excluding hydrogens is 180 g/mol. The van der Waals surface area contributed by atoms with Gasteiger partial charge in [-0.25, -0.2) is 4.98 Å². The van der Waals surface area contributed by atoms with E-state index >= 15 is 0 Å². The number of nitrogens with two attached hydrogens (primary N) is 1. The Morgan fingerprint density at radius 1 is 1.62 bits per heavy atom. The Kier molecular flexibility index (Phi) is 3.09. The highest BCUT2D eigenvalue weighted by Crippen LogP contribution is 2.26.